The Kier molecular flexibility index (Phi) is 4.37. The fourth-order valence-electron chi connectivity index (χ4n) is 2.97. The van der Waals surface area contributed by atoms with Gasteiger partial charge >= 0.3 is 0 Å². The summed E-state index contributed by atoms with van der Waals surface area (Å²) in [7, 11) is 0. The normalized spacial score (nSPS) is 12.5. The van der Waals surface area contributed by atoms with Gasteiger partial charge in [-0.05, 0) is 12.3 Å². The van der Waals surface area contributed by atoms with Crippen molar-refractivity contribution in [1.29, 1.82) is 0 Å². The van der Waals surface area contributed by atoms with Crippen LogP contribution in [-0.2, 0) is 6.54 Å². The van der Waals surface area contributed by atoms with Gasteiger partial charge in [0.25, 0.3) is 0 Å². The molecule has 4 nitrogen and oxygen atoms in total. The molecule has 0 aliphatic heterocycles. The zero-order chi connectivity index (χ0) is 15.4. The van der Waals surface area contributed by atoms with Crippen LogP contribution in [0.15, 0.2) is 49.1 Å². The van der Waals surface area contributed by atoms with E-state index in [9.17, 15) is 0 Å². The maximum Gasteiger partial charge on any atom is 0.126 e. The minimum absolute atomic E-state index is 0.470. The second kappa shape index (κ2) is 6.60. The summed E-state index contributed by atoms with van der Waals surface area (Å²) in [5, 5.41) is 0. The highest BCUT2D eigenvalue weighted by Crippen LogP contribution is 2.31. The Bertz CT molecular complexity index is 698. The van der Waals surface area contributed by atoms with E-state index in [0.717, 1.165) is 24.5 Å². The SMILES string of the molecule is CCCC(C)c1c(-c2ccccc2)ncn1Cc1ncc[nH]1. The van der Waals surface area contributed by atoms with Crippen LogP contribution in [0.1, 0.15) is 44.1 Å². The number of hydrogen-bond donors (Lipinski definition) is 1. The van der Waals surface area contributed by atoms with Gasteiger partial charge in [0, 0.05) is 23.7 Å². The molecule has 0 aliphatic carbocycles. The van der Waals surface area contributed by atoms with Crippen molar-refractivity contribution in [1.82, 2.24) is 19.5 Å². The molecular weight excluding hydrogens is 272 g/mol. The van der Waals surface area contributed by atoms with E-state index < -0.39 is 0 Å². The van der Waals surface area contributed by atoms with Crippen LogP contribution in [0.5, 0.6) is 0 Å². The molecule has 0 bridgehead atoms. The number of imidazole rings is 2. The topological polar surface area (TPSA) is 46.5 Å². The van der Waals surface area contributed by atoms with Crippen LogP contribution in [0.3, 0.4) is 0 Å². The fourth-order valence-corrected chi connectivity index (χ4v) is 2.97. The average molecular weight is 294 g/mol. The molecule has 3 rings (SSSR count). The molecule has 1 aromatic carbocycles. The third-order valence-corrected chi connectivity index (χ3v) is 3.99. The predicted molar refractivity (Wildman–Crippen MR) is 88.7 cm³/mol. The number of aromatic amines is 1. The van der Waals surface area contributed by atoms with Crippen LogP contribution in [-0.4, -0.2) is 19.5 Å². The lowest BCUT2D eigenvalue weighted by molar-refractivity contribution is 0.599. The summed E-state index contributed by atoms with van der Waals surface area (Å²) < 4.78 is 2.22. The number of nitrogens with zero attached hydrogens (tertiary/aromatic N) is 3. The molecule has 0 saturated carbocycles. The lowest BCUT2D eigenvalue weighted by Crippen LogP contribution is -2.08. The third-order valence-electron chi connectivity index (χ3n) is 3.99. The van der Waals surface area contributed by atoms with Crippen molar-refractivity contribution >= 4 is 0 Å². The van der Waals surface area contributed by atoms with Gasteiger partial charge < -0.3 is 9.55 Å². The summed E-state index contributed by atoms with van der Waals surface area (Å²) in [6.45, 7) is 5.24. The summed E-state index contributed by atoms with van der Waals surface area (Å²) >= 11 is 0. The summed E-state index contributed by atoms with van der Waals surface area (Å²) in [4.78, 5) is 12.2. The van der Waals surface area contributed by atoms with Crippen molar-refractivity contribution in [2.75, 3.05) is 0 Å². The van der Waals surface area contributed by atoms with Gasteiger partial charge in [-0.15, -0.1) is 0 Å². The Morgan fingerprint density at radius 3 is 2.68 bits per heavy atom. The first-order valence-electron chi connectivity index (χ1n) is 7.88. The second-order valence-corrected chi connectivity index (χ2v) is 5.70. The molecular formula is C18H22N4. The first kappa shape index (κ1) is 14.6. The average Bonchev–Trinajstić information content (AvgIpc) is 3.18. The van der Waals surface area contributed by atoms with Crippen molar-refractivity contribution in [2.45, 2.75) is 39.2 Å². The quantitative estimate of drug-likeness (QED) is 0.739. The molecule has 1 atom stereocenters. The summed E-state index contributed by atoms with van der Waals surface area (Å²) in [6, 6.07) is 10.4. The first-order chi connectivity index (χ1) is 10.8. The van der Waals surface area contributed by atoms with Gasteiger partial charge in [-0.2, -0.15) is 0 Å². The van der Waals surface area contributed by atoms with Crippen LogP contribution in [0.4, 0.5) is 0 Å². The summed E-state index contributed by atoms with van der Waals surface area (Å²) in [5.41, 5.74) is 3.57. The Labute approximate surface area is 131 Å². The fraction of sp³-hybridized carbons (Fsp3) is 0.333. The molecule has 3 aromatic rings. The molecule has 0 radical (unpaired) electrons. The third kappa shape index (κ3) is 2.96. The molecule has 0 saturated heterocycles. The Morgan fingerprint density at radius 1 is 1.18 bits per heavy atom. The highest BCUT2D eigenvalue weighted by atomic mass is 15.1. The van der Waals surface area contributed by atoms with E-state index in [1.54, 1.807) is 6.20 Å². The Balaban J connectivity index is 2.01. The number of benzene rings is 1. The highest BCUT2D eigenvalue weighted by Gasteiger charge is 2.18. The number of H-pyrrole nitrogens is 1. The minimum atomic E-state index is 0.470. The minimum Gasteiger partial charge on any atom is -0.347 e. The van der Waals surface area contributed by atoms with Gasteiger partial charge in [0.15, 0.2) is 0 Å². The molecule has 0 spiro atoms. The van der Waals surface area contributed by atoms with Crippen LogP contribution >= 0.6 is 0 Å². The van der Waals surface area contributed by atoms with Gasteiger partial charge in [-0.1, -0.05) is 50.6 Å². The summed E-state index contributed by atoms with van der Waals surface area (Å²) in [5.74, 6) is 1.43. The maximum atomic E-state index is 4.69. The zero-order valence-corrected chi connectivity index (χ0v) is 13.2. The van der Waals surface area contributed by atoms with Gasteiger partial charge in [0.1, 0.15) is 5.82 Å². The van der Waals surface area contributed by atoms with Crippen LogP contribution in [0, 0.1) is 0 Å². The van der Waals surface area contributed by atoms with Crippen molar-refractivity contribution in [2.24, 2.45) is 0 Å². The second-order valence-electron chi connectivity index (χ2n) is 5.70. The van der Waals surface area contributed by atoms with E-state index >= 15 is 0 Å². The standard InChI is InChI=1S/C18H22N4/c1-3-7-14(2)18-17(15-8-5-4-6-9-15)21-13-22(18)12-16-19-10-11-20-16/h4-6,8-11,13-14H,3,7,12H2,1-2H3,(H,19,20). The van der Waals surface area contributed by atoms with Crippen LogP contribution in [0.2, 0.25) is 0 Å². The lowest BCUT2D eigenvalue weighted by Gasteiger charge is -2.16. The van der Waals surface area contributed by atoms with E-state index in [-0.39, 0.29) is 0 Å². The molecule has 0 amide bonds. The van der Waals surface area contributed by atoms with Crippen LogP contribution in [0.25, 0.3) is 11.3 Å². The van der Waals surface area contributed by atoms with E-state index in [4.69, 9.17) is 4.98 Å². The Hall–Kier alpha value is -2.36. The van der Waals surface area contributed by atoms with E-state index in [1.807, 2.05) is 18.6 Å². The number of nitrogens with one attached hydrogen (secondary N) is 1. The number of aromatic nitrogens is 4. The van der Waals surface area contributed by atoms with Crippen molar-refractivity contribution in [3.63, 3.8) is 0 Å². The number of hydrogen-bond acceptors (Lipinski definition) is 2. The molecule has 1 N–H and O–H groups in total. The molecule has 22 heavy (non-hydrogen) atoms. The van der Waals surface area contributed by atoms with Crippen molar-refractivity contribution in [3.8, 4) is 11.3 Å². The molecule has 114 valence electrons. The molecule has 0 aliphatic rings. The van der Waals surface area contributed by atoms with E-state index in [2.05, 4.69) is 52.6 Å². The van der Waals surface area contributed by atoms with Gasteiger partial charge in [-0.3, -0.25) is 0 Å². The summed E-state index contributed by atoms with van der Waals surface area (Å²) in [6.07, 6.45) is 7.91. The van der Waals surface area contributed by atoms with Gasteiger partial charge in [0.05, 0.1) is 18.6 Å². The van der Waals surface area contributed by atoms with Gasteiger partial charge in [0.2, 0.25) is 0 Å². The smallest absolute Gasteiger partial charge is 0.126 e. The van der Waals surface area contributed by atoms with Crippen molar-refractivity contribution < 1.29 is 0 Å². The largest absolute Gasteiger partial charge is 0.347 e. The molecule has 0 fully saturated rings. The maximum absolute atomic E-state index is 4.69. The van der Waals surface area contributed by atoms with E-state index in [1.165, 1.54) is 17.7 Å². The molecule has 4 heteroatoms. The number of rotatable bonds is 6. The molecule has 1 unspecified atom stereocenters. The zero-order valence-electron chi connectivity index (χ0n) is 13.2. The lowest BCUT2D eigenvalue weighted by atomic mass is 9.97. The predicted octanol–water partition coefficient (Wildman–Crippen LogP) is 4.23. The Morgan fingerprint density at radius 2 is 2.00 bits per heavy atom. The van der Waals surface area contributed by atoms with Crippen LogP contribution < -0.4 is 0 Å². The molecule has 2 aromatic heterocycles. The monoisotopic (exact) mass is 294 g/mol. The van der Waals surface area contributed by atoms with E-state index in [0.29, 0.717) is 5.92 Å². The highest BCUT2D eigenvalue weighted by molar-refractivity contribution is 5.62. The first-order valence-corrected chi connectivity index (χ1v) is 7.88. The van der Waals surface area contributed by atoms with Crippen molar-refractivity contribution in [3.05, 3.63) is 60.6 Å². The molecule has 2 heterocycles. The van der Waals surface area contributed by atoms with Gasteiger partial charge in [-0.25, -0.2) is 9.97 Å².